The van der Waals surface area contributed by atoms with Crippen LogP contribution in [0.5, 0.6) is 0 Å². The second-order valence-electron chi connectivity index (χ2n) is 3.16. The molecule has 1 heterocycles. The largest absolute Gasteiger partial charge is 0.384 e. The third-order valence-corrected chi connectivity index (χ3v) is 2.09. The van der Waals surface area contributed by atoms with Crippen LogP contribution in [-0.2, 0) is 0 Å². The molecule has 0 saturated carbocycles. The second-order valence-corrected chi connectivity index (χ2v) is 3.16. The molecule has 2 N–H and O–H groups in total. The van der Waals surface area contributed by atoms with Crippen LogP contribution in [-0.4, -0.2) is 26.5 Å². The third kappa shape index (κ3) is 2.24. The van der Waals surface area contributed by atoms with Gasteiger partial charge >= 0.3 is 5.69 Å². The van der Waals surface area contributed by atoms with Crippen LogP contribution in [0.25, 0.3) is 5.69 Å². The van der Waals surface area contributed by atoms with Crippen LogP contribution in [0.1, 0.15) is 5.56 Å². The van der Waals surface area contributed by atoms with Gasteiger partial charge in [-0.25, -0.2) is 18.9 Å². The van der Waals surface area contributed by atoms with Gasteiger partial charge in [0, 0.05) is 0 Å². The highest BCUT2D eigenvalue weighted by atomic mass is 19.1. The van der Waals surface area contributed by atoms with Gasteiger partial charge in [-0.15, -0.1) is 0 Å². The molecule has 2 rings (SSSR count). The maximum Gasteiger partial charge on any atom is 0.347 e. The van der Waals surface area contributed by atoms with Crippen LogP contribution in [0.3, 0.4) is 0 Å². The van der Waals surface area contributed by atoms with E-state index in [-0.39, 0.29) is 12.2 Å². The zero-order valence-corrected chi connectivity index (χ0v) is 8.64. The van der Waals surface area contributed by atoms with Gasteiger partial charge in [0.1, 0.15) is 18.8 Å². The minimum Gasteiger partial charge on any atom is -0.384 e. The maximum atomic E-state index is 13.6. The summed E-state index contributed by atoms with van der Waals surface area (Å²) in [6.07, 6.45) is 1.26. The molecule has 6 heteroatoms. The van der Waals surface area contributed by atoms with Gasteiger partial charge in [-0.05, 0) is 18.2 Å². The van der Waals surface area contributed by atoms with E-state index in [4.69, 9.17) is 5.11 Å². The number of nitrogens with one attached hydrogen (secondary N) is 1. The Morgan fingerprint density at radius 2 is 2.35 bits per heavy atom. The first-order valence-corrected chi connectivity index (χ1v) is 4.74. The lowest BCUT2D eigenvalue weighted by Crippen LogP contribution is -2.14. The Morgan fingerprint density at radius 1 is 1.53 bits per heavy atom. The van der Waals surface area contributed by atoms with E-state index in [1.165, 1.54) is 23.0 Å². The molecule has 0 unspecified atom stereocenters. The molecule has 1 aromatic carbocycles. The highest BCUT2D eigenvalue weighted by Gasteiger charge is 2.05. The minimum absolute atomic E-state index is 0.166. The summed E-state index contributed by atoms with van der Waals surface area (Å²) in [7, 11) is 0. The van der Waals surface area contributed by atoms with Crippen molar-refractivity contribution >= 4 is 0 Å². The van der Waals surface area contributed by atoms with Crippen LogP contribution in [0.4, 0.5) is 4.39 Å². The van der Waals surface area contributed by atoms with Crippen LogP contribution < -0.4 is 5.69 Å². The summed E-state index contributed by atoms with van der Waals surface area (Å²) in [5, 5.41) is 14.3. The topological polar surface area (TPSA) is 70.9 Å². The fraction of sp³-hybridized carbons (Fsp3) is 0.0909. The van der Waals surface area contributed by atoms with Gasteiger partial charge in [0.2, 0.25) is 0 Å². The SMILES string of the molecule is O=c1[nH]ncn1-c1ccc(C#CCO)c(F)c1. The Balaban J connectivity index is 2.44. The van der Waals surface area contributed by atoms with Crippen molar-refractivity contribution in [2.75, 3.05) is 6.61 Å². The number of halogens is 1. The lowest BCUT2D eigenvalue weighted by Gasteiger charge is -2.01. The number of hydrogen-bond donors (Lipinski definition) is 2. The van der Waals surface area contributed by atoms with Crippen molar-refractivity contribution < 1.29 is 9.50 Å². The summed E-state index contributed by atoms with van der Waals surface area (Å²) in [6.45, 7) is -0.331. The predicted molar refractivity (Wildman–Crippen MR) is 58.1 cm³/mol. The molecule has 0 fully saturated rings. The van der Waals surface area contributed by atoms with Crippen LogP contribution >= 0.6 is 0 Å². The van der Waals surface area contributed by atoms with Gasteiger partial charge in [-0.2, -0.15) is 5.10 Å². The highest BCUT2D eigenvalue weighted by molar-refractivity contribution is 5.42. The molecule has 2 aromatic rings. The molecule has 86 valence electrons. The van der Waals surface area contributed by atoms with E-state index in [0.29, 0.717) is 5.69 Å². The van der Waals surface area contributed by atoms with Gasteiger partial charge in [-0.1, -0.05) is 11.8 Å². The Labute approximate surface area is 95.5 Å². The lowest BCUT2D eigenvalue weighted by molar-refractivity contribution is 0.350. The van der Waals surface area contributed by atoms with Crippen LogP contribution in [0.2, 0.25) is 0 Å². The van der Waals surface area contributed by atoms with E-state index in [0.717, 1.165) is 0 Å². The summed E-state index contributed by atoms with van der Waals surface area (Å²) in [4.78, 5) is 11.2. The molecule has 0 spiro atoms. The zero-order chi connectivity index (χ0) is 12.3. The van der Waals surface area contributed by atoms with Crippen LogP contribution in [0, 0.1) is 17.7 Å². The van der Waals surface area contributed by atoms with E-state index in [2.05, 4.69) is 22.0 Å². The number of benzene rings is 1. The third-order valence-electron chi connectivity index (χ3n) is 2.09. The molecule has 0 saturated heterocycles. The molecule has 0 radical (unpaired) electrons. The van der Waals surface area contributed by atoms with Gasteiger partial charge in [0.05, 0.1) is 11.3 Å². The standard InChI is InChI=1S/C11H8FN3O2/c12-10-6-9(15-7-13-14-11(15)17)4-3-8(10)2-1-5-16/h3-4,6-7,16H,5H2,(H,14,17). The first-order chi connectivity index (χ1) is 8.22. The molecule has 1 aromatic heterocycles. The monoisotopic (exact) mass is 233 g/mol. The number of H-pyrrole nitrogens is 1. The van der Waals surface area contributed by atoms with Gasteiger partial charge in [0.25, 0.3) is 0 Å². The van der Waals surface area contributed by atoms with Gasteiger partial charge < -0.3 is 5.11 Å². The number of hydrogen-bond acceptors (Lipinski definition) is 3. The molecule has 0 aliphatic rings. The Kier molecular flexibility index (Phi) is 3.03. The quantitative estimate of drug-likeness (QED) is 0.683. The number of aliphatic hydroxyl groups excluding tert-OH is 1. The second kappa shape index (κ2) is 4.63. The fourth-order valence-corrected chi connectivity index (χ4v) is 1.32. The number of aromatic amines is 1. The highest BCUT2D eigenvalue weighted by Crippen LogP contribution is 2.11. The Bertz CT molecular complexity index is 648. The molecule has 0 bridgehead atoms. The summed E-state index contributed by atoms with van der Waals surface area (Å²) >= 11 is 0. The fourth-order valence-electron chi connectivity index (χ4n) is 1.32. The Hall–Kier alpha value is -2.39. The number of nitrogens with zero attached hydrogens (tertiary/aromatic N) is 2. The molecule has 0 aliphatic carbocycles. The summed E-state index contributed by atoms with van der Waals surface area (Å²) in [5.74, 6) is 4.25. The molecule has 5 nitrogen and oxygen atoms in total. The van der Waals surface area contributed by atoms with E-state index >= 15 is 0 Å². The number of aromatic nitrogens is 3. The smallest absolute Gasteiger partial charge is 0.347 e. The van der Waals surface area contributed by atoms with Crippen LogP contribution in [0.15, 0.2) is 29.3 Å². The average molecular weight is 233 g/mol. The average Bonchev–Trinajstić information content (AvgIpc) is 2.74. The predicted octanol–water partition coefficient (Wildman–Crippen LogP) is 0.0435. The van der Waals surface area contributed by atoms with Gasteiger partial charge in [-0.3, -0.25) is 0 Å². The van der Waals surface area contributed by atoms with E-state index in [1.807, 2.05) is 0 Å². The lowest BCUT2D eigenvalue weighted by atomic mass is 10.2. The zero-order valence-electron chi connectivity index (χ0n) is 8.64. The van der Waals surface area contributed by atoms with Crippen molar-refractivity contribution in [3.05, 3.63) is 46.4 Å². The molecule has 0 aliphatic heterocycles. The van der Waals surface area contributed by atoms with Crippen molar-refractivity contribution in [2.24, 2.45) is 0 Å². The first kappa shape index (κ1) is 11.1. The Morgan fingerprint density at radius 3 is 2.94 bits per heavy atom. The normalized spacial score (nSPS) is 9.76. The molecule has 0 atom stereocenters. The maximum absolute atomic E-state index is 13.6. The number of aliphatic hydroxyl groups is 1. The van der Waals surface area contributed by atoms with E-state index in [1.54, 1.807) is 6.07 Å². The molecular weight excluding hydrogens is 225 g/mol. The summed E-state index contributed by atoms with van der Waals surface area (Å²) in [6, 6.07) is 4.16. The first-order valence-electron chi connectivity index (χ1n) is 4.74. The summed E-state index contributed by atoms with van der Waals surface area (Å²) < 4.78 is 14.7. The summed E-state index contributed by atoms with van der Waals surface area (Å²) in [5.41, 5.74) is 0.0775. The van der Waals surface area contributed by atoms with Crippen molar-refractivity contribution in [3.63, 3.8) is 0 Å². The van der Waals surface area contributed by atoms with E-state index in [9.17, 15) is 9.18 Å². The van der Waals surface area contributed by atoms with Crippen molar-refractivity contribution in [3.8, 4) is 17.5 Å². The molecule has 0 amide bonds. The molecule has 17 heavy (non-hydrogen) atoms. The van der Waals surface area contributed by atoms with E-state index < -0.39 is 11.5 Å². The van der Waals surface area contributed by atoms with Gasteiger partial charge in [0.15, 0.2) is 0 Å². The molecular formula is C11H8FN3O2. The number of rotatable bonds is 1. The van der Waals surface area contributed by atoms with Crippen molar-refractivity contribution in [1.82, 2.24) is 14.8 Å². The minimum atomic E-state index is -0.559. The van der Waals surface area contributed by atoms with Crippen molar-refractivity contribution in [2.45, 2.75) is 0 Å². The van der Waals surface area contributed by atoms with Crippen molar-refractivity contribution in [1.29, 1.82) is 0 Å².